The first-order valence-electron chi connectivity index (χ1n) is 7.26. The highest BCUT2D eigenvalue weighted by Crippen LogP contribution is 2.15. The summed E-state index contributed by atoms with van der Waals surface area (Å²) in [6.45, 7) is 2.40. The third-order valence-corrected chi connectivity index (χ3v) is 3.49. The van der Waals surface area contributed by atoms with Crippen LogP contribution in [0.3, 0.4) is 0 Å². The van der Waals surface area contributed by atoms with Gasteiger partial charge in [0, 0.05) is 23.8 Å². The molecular formula is C15H23N3O2. The molecular weight excluding hydrogens is 254 g/mol. The van der Waals surface area contributed by atoms with E-state index < -0.39 is 0 Å². The molecule has 1 amide bonds. The van der Waals surface area contributed by atoms with Gasteiger partial charge in [-0.05, 0) is 56.6 Å². The van der Waals surface area contributed by atoms with Crippen molar-refractivity contribution in [1.82, 2.24) is 10.6 Å². The minimum Gasteiger partial charge on any atom is -0.395 e. The first-order valence-corrected chi connectivity index (χ1v) is 7.26. The lowest BCUT2D eigenvalue weighted by Gasteiger charge is -2.17. The summed E-state index contributed by atoms with van der Waals surface area (Å²) in [7, 11) is 0. The van der Waals surface area contributed by atoms with Crippen LogP contribution in [0, 0.1) is 0 Å². The fourth-order valence-electron chi connectivity index (χ4n) is 2.39. The number of amides is 1. The van der Waals surface area contributed by atoms with Crippen molar-refractivity contribution in [2.24, 2.45) is 0 Å². The molecule has 110 valence electrons. The zero-order valence-electron chi connectivity index (χ0n) is 11.7. The number of hydrogen-bond donors (Lipinski definition) is 4. The second-order valence-electron chi connectivity index (χ2n) is 5.08. The molecule has 5 heteroatoms. The van der Waals surface area contributed by atoms with Gasteiger partial charge in [0.15, 0.2) is 0 Å². The van der Waals surface area contributed by atoms with E-state index in [9.17, 15) is 4.79 Å². The van der Waals surface area contributed by atoms with Crippen LogP contribution in [0.4, 0.5) is 5.69 Å². The molecule has 0 aliphatic carbocycles. The number of hydrogen-bond acceptors (Lipinski definition) is 4. The van der Waals surface area contributed by atoms with Gasteiger partial charge in [0.2, 0.25) is 0 Å². The van der Waals surface area contributed by atoms with Crippen LogP contribution in [-0.2, 0) is 0 Å². The number of anilines is 1. The van der Waals surface area contributed by atoms with E-state index in [1.54, 1.807) is 0 Å². The second-order valence-corrected chi connectivity index (χ2v) is 5.08. The number of carbonyl (C=O) groups is 1. The fraction of sp³-hybridized carbons (Fsp3) is 0.533. The van der Waals surface area contributed by atoms with Crippen molar-refractivity contribution >= 4 is 11.6 Å². The third-order valence-electron chi connectivity index (χ3n) is 3.49. The van der Waals surface area contributed by atoms with Crippen LogP contribution in [-0.4, -0.2) is 43.3 Å². The average molecular weight is 277 g/mol. The van der Waals surface area contributed by atoms with Crippen molar-refractivity contribution in [2.75, 3.05) is 31.6 Å². The largest absolute Gasteiger partial charge is 0.395 e. The van der Waals surface area contributed by atoms with Gasteiger partial charge in [-0.2, -0.15) is 0 Å². The lowest BCUT2D eigenvalue weighted by atomic mass is 10.1. The van der Waals surface area contributed by atoms with Crippen molar-refractivity contribution in [1.29, 1.82) is 0 Å². The molecule has 1 heterocycles. The highest BCUT2D eigenvalue weighted by molar-refractivity contribution is 5.94. The van der Waals surface area contributed by atoms with E-state index in [0.29, 0.717) is 11.6 Å². The van der Waals surface area contributed by atoms with Crippen LogP contribution < -0.4 is 16.0 Å². The SMILES string of the molecule is O=C(NCCO)c1ccc(NC2CCCNCC2)cc1. The molecule has 0 radical (unpaired) electrons. The van der Waals surface area contributed by atoms with Crippen molar-refractivity contribution in [3.63, 3.8) is 0 Å². The van der Waals surface area contributed by atoms with Crippen LogP contribution in [0.5, 0.6) is 0 Å². The quantitative estimate of drug-likeness (QED) is 0.647. The molecule has 5 nitrogen and oxygen atoms in total. The van der Waals surface area contributed by atoms with Gasteiger partial charge in [-0.25, -0.2) is 0 Å². The molecule has 0 bridgehead atoms. The van der Waals surface area contributed by atoms with Gasteiger partial charge in [-0.3, -0.25) is 4.79 Å². The molecule has 0 spiro atoms. The molecule has 1 atom stereocenters. The van der Waals surface area contributed by atoms with E-state index in [-0.39, 0.29) is 19.1 Å². The lowest BCUT2D eigenvalue weighted by Crippen LogP contribution is -2.26. The summed E-state index contributed by atoms with van der Waals surface area (Å²) in [6.07, 6.45) is 3.49. The Labute approximate surface area is 119 Å². The number of benzene rings is 1. The predicted octanol–water partition coefficient (Wildman–Crippen LogP) is 0.963. The first kappa shape index (κ1) is 14.8. The number of aliphatic hydroxyl groups excluding tert-OH is 1. The molecule has 0 saturated carbocycles. The zero-order chi connectivity index (χ0) is 14.2. The molecule has 1 aliphatic heterocycles. The predicted molar refractivity (Wildman–Crippen MR) is 80.0 cm³/mol. The fourth-order valence-corrected chi connectivity index (χ4v) is 2.39. The number of aliphatic hydroxyl groups is 1. The summed E-state index contributed by atoms with van der Waals surface area (Å²) >= 11 is 0. The Hall–Kier alpha value is -1.59. The maximum Gasteiger partial charge on any atom is 0.251 e. The van der Waals surface area contributed by atoms with Gasteiger partial charge in [0.1, 0.15) is 0 Å². The van der Waals surface area contributed by atoms with Gasteiger partial charge in [0.05, 0.1) is 6.61 Å². The molecule has 0 aromatic heterocycles. The highest BCUT2D eigenvalue weighted by atomic mass is 16.3. The molecule has 1 aliphatic rings. The van der Waals surface area contributed by atoms with Crippen LogP contribution in [0.2, 0.25) is 0 Å². The number of rotatable bonds is 5. The first-order chi connectivity index (χ1) is 9.79. The van der Waals surface area contributed by atoms with Crippen LogP contribution in [0.25, 0.3) is 0 Å². The topological polar surface area (TPSA) is 73.4 Å². The highest BCUT2D eigenvalue weighted by Gasteiger charge is 2.11. The van der Waals surface area contributed by atoms with Crippen molar-refractivity contribution in [3.05, 3.63) is 29.8 Å². The molecule has 1 unspecified atom stereocenters. The second kappa shape index (κ2) is 7.87. The smallest absolute Gasteiger partial charge is 0.251 e. The molecule has 1 aromatic rings. The minimum absolute atomic E-state index is 0.0406. The van der Waals surface area contributed by atoms with Gasteiger partial charge >= 0.3 is 0 Å². The van der Waals surface area contributed by atoms with E-state index in [1.165, 1.54) is 12.8 Å². The zero-order valence-corrected chi connectivity index (χ0v) is 11.7. The Kier molecular flexibility index (Phi) is 5.83. The van der Waals surface area contributed by atoms with E-state index in [0.717, 1.165) is 25.2 Å². The maximum absolute atomic E-state index is 11.7. The lowest BCUT2D eigenvalue weighted by molar-refractivity contribution is 0.0945. The third kappa shape index (κ3) is 4.51. The summed E-state index contributed by atoms with van der Waals surface area (Å²) in [4.78, 5) is 11.7. The Morgan fingerprint density at radius 3 is 2.80 bits per heavy atom. The standard InChI is InChI=1S/C15H23N3O2/c19-11-10-17-15(20)12-3-5-14(6-4-12)18-13-2-1-8-16-9-7-13/h3-6,13,16,18-19H,1-2,7-11H2,(H,17,20). The van der Waals surface area contributed by atoms with E-state index in [4.69, 9.17) is 5.11 Å². The Balaban J connectivity index is 1.88. The Morgan fingerprint density at radius 2 is 2.05 bits per heavy atom. The summed E-state index contributed by atoms with van der Waals surface area (Å²) in [6, 6.07) is 7.99. The van der Waals surface area contributed by atoms with Crippen LogP contribution in [0.1, 0.15) is 29.6 Å². The molecule has 1 saturated heterocycles. The van der Waals surface area contributed by atoms with E-state index in [2.05, 4.69) is 16.0 Å². The Bertz CT molecular complexity index is 412. The van der Waals surface area contributed by atoms with Crippen molar-refractivity contribution in [3.8, 4) is 0 Å². The molecule has 1 fully saturated rings. The van der Waals surface area contributed by atoms with Crippen LogP contribution in [0.15, 0.2) is 24.3 Å². The summed E-state index contributed by atoms with van der Waals surface area (Å²) in [5, 5.41) is 18.2. The molecule has 2 rings (SSSR count). The molecule has 4 N–H and O–H groups in total. The minimum atomic E-state index is -0.149. The molecule has 20 heavy (non-hydrogen) atoms. The number of nitrogens with one attached hydrogen (secondary N) is 3. The maximum atomic E-state index is 11.7. The summed E-state index contributed by atoms with van der Waals surface area (Å²) in [5.41, 5.74) is 1.67. The van der Waals surface area contributed by atoms with Crippen molar-refractivity contribution < 1.29 is 9.90 Å². The monoisotopic (exact) mass is 277 g/mol. The molecule has 1 aromatic carbocycles. The van der Waals surface area contributed by atoms with E-state index in [1.807, 2.05) is 24.3 Å². The van der Waals surface area contributed by atoms with Gasteiger partial charge in [-0.15, -0.1) is 0 Å². The van der Waals surface area contributed by atoms with E-state index >= 15 is 0 Å². The summed E-state index contributed by atoms with van der Waals surface area (Å²) in [5.74, 6) is -0.149. The summed E-state index contributed by atoms with van der Waals surface area (Å²) < 4.78 is 0. The van der Waals surface area contributed by atoms with Crippen molar-refractivity contribution in [2.45, 2.75) is 25.3 Å². The van der Waals surface area contributed by atoms with Gasteiger partial charge in [0.25, 0.3) is 5.91 Å². The normalized spacial score (nSPS) is 19.1. The van der Waals surface area contributed by atoms with Crippen LogP contribution >= 0.6 is 0 Å². The van der Waals surface area contributed by atoms with Gasteiger partial charge < -0.3 is 21.1 Å². The average Bonchev–Trinajstić information content (AvgIpc) is 2.74. The van der Waals surface area contributed by atoms with Gasteiger partial charge in [-0.1, -0.05) is 0 Å². The number of carbonyl (C=O) groups excluding carboxylic acids is 1. The Morgan fingerprint density at radius 1 is 1.25 bits per heavy atom.